The molecule has 0 spiro atoms. The average molecular weight is 357 g/mol. The fraction of sp³-hybridized carbons (Fsp3) is 0.760. The number of aryl methyl sites for hydroxylation is 1. The van der Waals surface area contributed by atoms with E-state index >= 15 is 0 Å². The molecule has 26 heavy (non-hydrogen) atoms. The van der Waals surface area contributed by atoms with E-state index in [9.17, 15) is 5.11 Å². The summed E-state index contributed by atoms with van der Waals surface area (Å²) in [6.07, 6.45) is 21.3. The van der Waals surface area contributed by atoms with E-state index in [0.29, 0.717) is 17.6 Å². The summed E-state index contributed by atoms with van der Waals surface area (Å²) >= 11 is 0. The minimum absolute atomic E-state index is 0.615. The van der Waals surface area contributed by atoms with Crippen molar-refractivity contribution in [3.8, 4) is 5.75 Å². The van der Waals surface area contributed by atoms with E-state index in [4.69, 9.17) is 0 Å². The van der Waals surface area contributed by atoms with Crippen LogP contribution in [0.25, 0.3) is 0 Å². The monoisotopic (exact) mass is 356 g/mol. The molecule has 3 rings (SSSR count). The smallest absolute Gasteiger partial charge is 0.122 e. The van der Waals surface area contributed by atoms with Gasteiger partial charge in [-0.1, -0.05) is 83.3 Å². The summed E-state index contributed by atoms with van der Waals surface area (Å²) in [5, 5.41) is 11.0. The van der Waals surface area contributed by atoms with Crippen LogP contribution in [0.5, 0.6) is 5.75 Å². The Balaban J connectivity index is 1.64. The number of aromatic hydroxyl groups is 1. The lowest BCUT2D eigenvalue weighted by atomic mass is 9.86. The van der Waals surface area contributed by atoms with Crippen LogP contribution in [0.4, 0.5) is 0 Å². The highest BCUT2D eigenvalue weighted by molar-refractivity contribution is 5.48. The van der Waals surface area contributed by atoms with Crippen molar-refractivity contribution in [2.75, 3.05) is 0 Å². The second-order valence-electron chi connectivity index (χ2n) is 8.96. The third kappa shape index (κ3) is 5.27. The number of hydrogen-bond donors (Lipinski definition) is 1. The van der Waals surface area contributed by atoms with Crippen LogP contribution in [-0.4, -0.2) is 5.11 Å². The average Bonchev–Trinajstić information content (AvgIpc) is 3.36. The SMILES string of the molecule is CCCCCCCCCc1cc(C2CCCC2)c(O)c(C2CCCC2)c1. The van der Waals surface area contributed by atoms with E-state index in [0.717, 1.165) is 0 Å². The second kappa shape index (κ2) is 10.4. The fourth-order valence-electron chi connectivity index (χ4n) is 5.27. The molecule has 2 aliphatic rings. The molecule has 1 heteroatoms. The third-order valence-corrected chi connectivity index (χ3v) is 6.89. The van der Waals surface area contributed by atoms with Crippen LogP contribution in [0.1, 0.15) is 132 Å². The van der Waals surface area contributed by atoms with Crippen LogP contribution in [-0.2, 0) is 6.42 Å². The summed E-state index contributed by atoms with van der Waals surface area (Å²) < 4.78 is 0. The van der Waals surface area contributed by atoms with Crippen LogP contribution in [0, 0.1) is 0 Å². The highest BCUT2D eigenvalue weighted by atomic mass is 16.3. The fourth-order valence-corrected chi connectivity index (χ4v) is 5.27. The van der Waals surface area contributed by atoms with Crippen molar-refractivity contribution >= 4 is 0 Å². The van der Waals surface area contributed by atoms with Gasteiger partial charge in [0, 0.05) is 0 Å². The van der Waals surface area contributed by atoms with Crippen molar-refractivity contribution in [2.24, 2.45) is 0 Å². The molecule has 0 saturated heterocycles. The number of benzene rings is 1. The zero-order valence-electron chi connectivity index (χ0n) is 17.1. The first-order valence-corrected chi connectivity index (χ1v) is 11.6. The Kier molecular flexibility index (Phi) is 7.89. The summed E-state index contributed by atoms with van der Waals surface area (Å²) in [6, 6.07) is 4.75. The van der Waals surface area contributed by atoms with Crippen LogP contribution in [0.15, 0.2) is 12.1 Å². The Bertz CT molecular complexity index is 498. The van der Waals surface area contributed by atoms with Crippen molar-refractivity contribution in [3.63, 3.8) is 0 Å². The van der Waals surface area contributed by atoms with Crippen molar-refractivity contribution in [1.82, 2.24) is 0 Å². The van der Waals surface area contributed by atoms with Crippen molar-refractivity contribution < 1.29 is 5.11 Å². The Hall–Kier alpha value is -0.980. The van der Waals surface area contributed by atoms with E-state index < -0.39 is 0 Å². The highest BCUT2D eigenvalue weighted by Gasteiger charge is 2.26. The molecule has 1 N–H and O–H groups in total. The van der Waals surface area contributed by atoms with Gasteiger partial charge in [0.25, 0.3) is 0 Å². The minimum atomic E-state index is 0.615. The molecule has 2 aliphatic carbocycles. The molecule has 2 fully saturated rings. The zero-order chi connectivity index (χ0) is 18.2. The van der Waals surface area contributed by atoms with Gasteiger partial charge in [0.15, 0.2) is 0 Å². The molecule has 0 atom stereocenters. The van der Waals surface area contributed by atoms with Crippen LogP contribution in [0.3, 0.4) is 0 Å². The number of phenols is 1. The lowest BCUT2D eigenvalue weighted by molar-refractivity contribution is 0.447. The van der Waals surface area contributed by atoms with Crippen LogP contribution in [0.2, 0.25) is 0 Å². The lowest BCUT2D eigenvalue weighted by Crippen LogP contribution is -2.02. The molecule has 0 unspecified atom stereocenters. The van der Waals surface area contributed by atoms with Crippen LogP contribution >= 0.6 is 0 Å². The molecule has 0 aromatic heterocycles. The van der Waals surface area contributed by atoms with Crippen molar-refractivity contribution in [2.45, 2.75) is 121 Å². The largest absolute Gasteiger partial charge is 0.507 e. The van der Waals surface area contributed by atoms with Crippen molar-refractivity contribution in [3.05, 3.63) is 28.8 Å². The molecule has 1 nitrogen and oxygen atoms in total. The minimum Gasteiger partial charge on any atom is -0.507 e. The van der Waals surface area contributed by atoms with E-state index in [-0.39, 0.29) is 0 Å². The predicted octanol–water partition coefficient (Wildman–Crippen LogP) is 8.00. The first-order valence-electron chi connectivity index (χ1n) is 11.6. The molecule has 146 valence electrons. The van der Waals surface area contributed by atoms with Gasteiger partial charge in [-0.15, -0.1) is 0 Å². The first kappa shape index (κ1) is 19.8. The molecular weight excluding hydrogens is 316 g/mol. The number of phenolic OH excluding ortho intramolecular Hbond substituents is 1. The molecule has 2 saturated carbocycles. The summed E-state index contributed by atoms with van der Waals surface area (Å²) in [6.45, 7) is 2.29. The second-order valence-corrected chi connectivity index (χ2v) is 8.96. The molecule has 1 aromatic rings. The number of unbranched alkanes of at least 4 members (excludes halogenated alkanes) is 6. The topological polar surface area (TPSA) is 20.2 Å². The molecule has 0 amide bonds. The number of hydrogen-bond acceptors (Lipinski definition) is 1. The van der Waals surface area contributed by atoms with Gasteiger partial charge in [0.05, 0.1) is 0 Å². The molecule has 1 aromatic carbocycles. The van der Waals surface area contributed by atoms with E-state index in [2.05, 4.69) is 19.1 Å². The maximum Gasteiger partial charge on any atom is 0.122 e. The molecule has 0 aliphatic heterocycles. The standard InChI is InChI=1S/C25H40O/c1-2-3-4-5-6-7-8-13-20-18-23(21-14-9-10-15-21)25(26)24(19-20)22-16-11-12-17-22/h18-19,21-22,26H,2-17H2,1H3. The predicted molar refractivity (Wildman–Crippen MR) is 112 cm³/mol. The zero-order valence-corrected chi connectivity index (χ0v) is 17.1. The number of rotatable bonds is 10. The van der Waals surface area contributed by atoms with E-state index in [1.165, 1.54) is 119 Å². The van der Waals surface area contributed by atoms with Gasteiger partial charge in [0.1, 0.15) is 5.75 Å². The van der Waals surface area contributed by atoms with Gasteiger partial charge in [-0.2, -0.15) is 0 Å². The highest BCUT2D eigenvalue weighted by Crippen LogP contribution is 2.45. The van der Waals surface area contributed by atoms with Gasteiger partial charge in [-0.25, -0.2) is 0 Å². The Morgan fingerprint density at radius 2 is 1.19 bits per heavy atom. The van der Waals surface area contributed by atoms with Crippen molar-refractivity contribution in [1.29, 1.82) is 0 Å². The van der Waals surface area contributed by atoms with Gasteiger partial charge in [-0.3, -0.25) is 0 Å². The summed E-state index contributed by atoms with van der Waals surface area (Å²) in [4.78, 5) is 0. The maximum atomic E-state index is 11.0. The van der Waals surface area contributed by atoms with Gasteiger partial charge in [0.2, 0.25) is 0 Å². The summed E-state index contributed by atoms with van der Waals surface area (Å²) in [5.41, 5.74) is 4.09. The lowest BCUT2D eigenvalue weighted by Gasteiger charge is -2.20. The maximum absolute atomic E-state index is 11.0. The van der Waals surface area contributed by atoms with E-state index in [1.54, 1.807) is 0 Å². The van der Waals surface area contributed by atoms with Gasteiger partial charge < -0.3 is 5.11 Å². The molecule has 0 heterocycles. The third-order valence-electron chi connectivity index (χ3n) is 6.89. The molecule has 0 radical (unpaired) electrons. The molecule has 0 bridgehead atoms. The normalized spacial score (nSPS) is 18.8. The Morgan fingerprint density at radius 1 is 0.731 bits per heavy atom. The Morgan fingerprint density at radius 3 is 1.69 bits per heavy atom. The van der Waals surface area contributed by atoms with Gasteiger partial charge >= 0.3 is 0 Å². The van der Waals surface area contributed by atoms with E-state index in [1.807, 2.05) is 0 Å². The first-order chi connectivity index (χ1) is 12.8. The summed E-state index contributed by atoms with van der Waals surface area (Å²) in [5.74, 6) is 1.90. The van der Waals surface area contributed by atoms with Gasteiger partial charge in [-0.05, 0) is 67.1 Å². The Labute approximate surface area is 161 Å². The summed E-state index contributed by atoms with van der Waals surface area (Å²) in [7, 11) is 0. The quantitative estimate of drug-likeness (QED) is 0.421. The molecular formula is C25H40O. The van der Waals surface area contributed by atoms with Crippen LogP contribution < -0.4 is 0 Å².